The number of benzene rings is 2. The largest absolute Gasteiger partial charge is 0.493 e. The summed E-state index contributed by atoms with van der Waals surface area (Å²) in [6.07, 6.45) is 1.93. The Morgan fingerprint density at radius 3 is 1.15 bits per heavy atom. The van der Waals surface area contributed by atoms with Crippen molar-refractivity contribution in [3.05, 3.63) is 59.7 Å². The summed E-state index contributed by atoms with van der Waals surface area (Å²) in [5, 5.41) is 22.7. The monoisotopic (exact) mass is 474 g/mol. The van der Waals surface area contributed by atoms with Gasteiger partial charge in [-0.3, -0.25) is 0 Å². The normalized spacial score (nSPS) is 15.9. The third-order valence-corrected chi connectivity index (χ3v) is 6.26. The van der Waals surface area contributed by atoms with Gasteiger partial charge >= 0.3 is 0 Å². The number of nitrogens with zero attached hydrogens (tertiary/aromatic N) is 2. The zero-order valence-corrected chi connectivity index (χ0v) is 22.5. The molecule has 0 aromatic heterocycles. The van der Waals surface area contributed by atoms with Gasteiger partial charge < -0.3 is 28.7 Å². The highest BCUT2D eigenvalue weighted by molar-refractivity contribution is 5.37. The van der Waals surface area contributed by atoms with Crippen LogP contribution in [0.5, 0.6) is 11.5 Å². The lowest BCUT2D eigenvalue weighted by molar-refractivity contribution is -0.870. The molecule has 6 heteroatoms. The Hall–Kier alpha value is -2.12. The zero-order valence-electron chi connectivity index (χ0n) is 22.5. The predicted molar refractivity (Wildman–Crippen MR) is 138 cm³/mol. The zero-order chi connectivity index (χ0) is 25.6. The van der Waals surface area contributed by atoms with Gasteiger partial charge in [-0.1, -0.05) is 24.3 Å². The van der Waals surface area contributed by atoms with E-state index in [0.29, 0.717) is 24.3 Å². The Balaban J connectivity index is 1.99. The molecule has 6 nitrogen and oxygen atoms in total. The highest BCUT2D eigenvalue weighted by Crippen LogP contribution is 2.41. The van der Waals surface area contributed by atoms with E-state index in [0.717, 1.165) is 46.4 Å². The minimum absolute atomic E-state index is 0.622. The molecule has 0 heterocycles. The number of quaternary nitrogens is 2. The van der Waals surface area contributed by atoms with Crippen LogP contribution in [0.1, 0.15) is 37.8 Å². The topological polar surface area (TPSA) is 58.9 Å². The van der Waals surface area contributed by atoms with E-state index in [9.17, 15) is 10.2 Å². The van der Waals surface area contributed by atoms with Crippen LogP contribution < -0.4 is 9.47 Å². The predicted octanol–water partition coefficient (Wildman–Crippen LogP) is 3.75. The maximum Gasteiger partial charge on any atom is 0.119 e. The fourth-order valence-corrected chi connectivity index (χ4v) is 3.77. The van der Waals surface area contributed by atoms with Crippen molar-refractivity contribution in [2.45, 2.75) is 37.9 Å². The smallest absolute Gasteiger partial charge is 0.119 e. The third kappa shape index (κ3) is 8.27. The van der Waals surface area contributed by atoms with Crippen LogP contribution in [0.25, 0.3) is 0 Å². The lowest BCUT2D eigenvalue weighted by Crippen LogP contribution is -2.45. The van der Waals surface area contributed by atoms with Crippen molar-refractivity contribution in [1.29, 1.82) is 0 Å². The average Bonchev–Trinajstić information content (AvgIpc) is 2.73. The van der Waals surface area contributed by atoms with Gasteiger partial charge in [-0.05, 0) is 49.2 Å². The Morgan fingerprint density at radius 2 is 0.882 bits per heavy atom. The molecule has 0 fully saturated rings. The summed E-state index contributed by atoms with van der Waals surface area (Å²) in [4.78, 5) is 0. The number of hydrogen-bond donors (Lipinski definition) is 2. The Kier molecular flexibility index (Phi) is 9.16. The molecule has 0 bridgehead atoms. The first-order valence-corrected chi connectivity index (χ1v) is 12.1. The molecule has 2 rings (SSSR count). The SMILES string of the molecule is C[C@](O)(c1ccc(OCCC[N+](C)(C)C)cc1)[C@](C)(O)c1ccc(OCCC[N+](C)(C)C)cc1. The van der Waals surface area contributed by atoms with Gasteiger partial charge in [0.05, 0.1) is 68.6 Å². The molecule has 0 aliphatic carbocycles. The van der Waals surface area contributed by atoms with Gasteiger partial charge in [-0.25, -0.2) is 0 Å². The lowest BCUT2D eigenvalue weighted by Gasteiger charge is -2.39. The van der Waals surface area contributed by atoms with Crippen LogP contribution in [0, 0.1) is 0 Å². The van der Waals surface area contributed by atoms with E-state index in [1.54, 1.807) is 13.8 Å². The molecule has 0 unspecified atom stereocenters. The quantitative estimate of drug-likeness (QED) is 0.343. The summed E-state index contributed by atoms with van der Waals surface area (Å²) in [6.45, 7) is 6.64. The van der Waals surface area contributed by atoms with Crippen LogP contribution in [0.3, 0.4) is 0 Å². The molecule has 0 amide bonds. The Bertz CT molecular complexity index is 801. The van der Waals surface area contributed by atoms with Gasteiger partial charge in [-0.2, -0.15) is 0 Å². The summed E-state index contributed by atoms with van der Waals surface area (Å²) in [5.41, 5.74) is -1.75. The molecule has 0 saturated heterocycles. The maximum absolute atomic E-state index is 11.4. The highest BCUT2D eigenvalue weighted by atomic mass is 16.5. The van der Waals surface area contributed by atoms with E-state index >= 15 is 0 Å². The standard InChI is InChI=1S/C28H46N2O4/c1-27(31,23-11-15-25(16-12-23)33-21-9-19-29(3,4)5)28(2,32)24-13-17-26(18-14-24)34-22-10-20-30(6,7)8/h11-18,31-32H,9-10,19-22H2,1-8H3/q+2/t27-,28+. The van der Waals surface area contributed by atoms with Crippen molar-refractivity contribution < 1.29 is 28.7 Å². The molecule has 190 valence electrons. The molecule has 34 heavy (non-hydrogen) atoms. The highest BCUT2D eigenvalue weighted by Gasteiger charge is 2.44. The van der Waals surface area contributed by atoms with Crippen LogP contribution in [0.2, 0.25) is 0 Å². The number of rotatable bonds is 13. The number of hydrogen-bond acceptors (Lipinski definition) is 4. The molecule has 2 atom stereocenters. The summed E-state index contributed by atoms with van der Waals surface area (Å²) < 4.78 is 13.5. The van der Waals surface area contributed by atoms with E-state index < -0.39 is 11.2 Å². The maximum atomic E-state index is 11.4. The average molecular weight is 475 g/mol. The van der Waals surface area contributed by atoms with E-state index in [2.05, 4.69) is 42.3 Å². The molecule has 2 N–H and O–H groups in total. The molecule has 0 aliphatic heterocycles. The van der Waals surface area contributed by atoms with Crippen LogP contribution in [0.4, 0.5) is 0 Å². The van der Waals surface area contributed by atoms with Crippen LogP contribution in [-0.2, 0) is 11.2 Å². The molecule has 0 spiro atoms. The van der Waals surface area contributed by atoms with Gasteiger partial charge in [0.25, 0.3) is 0 Å². The Labute approximate surface area is 206 Å². The summed E-state index contributed by atoms with van der Waals surface area (Å²) >= 11 is 0. The first-order valence-electron chi connectivity index (χ1n) is 12.1. The van der Waals surface area contributed by atoms with E-state index in [1.807, 2.05) is 48.5 Å². The first kappa shape index (κ1) is 28.1. The molecular formula is C28H46N2O4+2. The van der Waals surface area contributed by atoms with Crippen LogP contribution >= 0.6 is 0 Å². The molecule has 2 aromatic carbocycles. The van der Waals surface area contributed by atoms with Crippen molar-refractivity contribution in [2.75, 3.05) is 68.6 Å². The summed E-state index contributed by atoms with van der Waals surface area (Å²) in [7, 11) is 13.0. The van der Waals surface area contributed by atoms with Crippen LogP contribution in [-0.4, -0.2) is 87.8 Å². The van der Waals surface area contributed by atoms with Gasteiger partial charge in [0, 0.05) is 12.8 Å². The molecule has 0 saturated carbocycles. The van der Waals surface area contributed by atoms with Crippen molar-refractivity contribution in [2.24, 2.45) is 0 Å². The second-order valence-electron chi connectivity index (χ2n) is 11.6. The number of ether oxygens (including phenoxy) is 2. The van der Waals surface area contributed by atoms with E-state index in [4.69, 9.17) is 9.47 Å². The van der Waals surface area contributed by atoms with Gasteiger partial charge in [0.2, 0.25) is 0 Å². The second kappa shape index (κ2) is 11.1. The molecular weight excluding hydrogens is 428 g/mol. The summed E-state index contributed by atoms with van der Waals surface area (Å²) in [5.74, 6) is 1.51. The lowest BCUT2D eigenvalue weighted by atomic mass is 9.76. The van der Waals surface area contributed by atoms with E-state index in [-0.39, 0.29) is 0 Å². The minimum Gasteiger partial charge on any atom is -0.493 e. The molecule has 2 aromatic rings. The molecule has 0 radical (unpaired) electrons. The van der Waals surface area contributed by atoms with Gasteiger partial charge in [0.1, 0.15) is 22.7 Å². The van der Waals surface area contributed by atoms with Gasteiger partial charge in [-0.15, -0.1) is 0 Å². The van der Waals surface area contributed by atoms with Crippen molar-refractivity contribution in [3.8, 4) is 11.5 Å². The van der Waals surface area contributed by atoms with Crippen molar-refractivity contribution in [1.82, 2.24) is 0 Å². The Morgan fingerprint density at radius 1 is 0.588 bits per heavy atom. The van der Waals surface area contributed by atoms with Crippen LogP contribution in [0.15, 0.2) is 48.5 Å². The fraction of sp³-hybridized carbons (Fsp3) is 0.571. The van der Waals surface area contributed by atoms with Crippen molar-refractivity contribution >= 4 is 0 Å². The summed E-state index contributed by atoms with van der Waals surface area (Å²) in [6, 6.07) is 14.6. The third-order valence-electron chi connectivity index (χ3n) is 6.26. The first-order chi connectivity index (χ1) is 15.6. The second-order valence-corrected chi connectivity index (χ2v) is 11.6. The van der Waals surface area contributed by atoms with Gasteiger partial charge in [0.15, 0.2) is 0 Å². The number of aliphatic hydroxyl groups is 2. The van der Waals surface area contributed by atoms with Crippen molar-refractivity contribution in [3.63, 3.8) is 0 Å². The van der Waals surface area contributed by atoms with E-state index in [1.165, 1.54) is 0 Å². The molecule has 0 aliphatic rings. The fourth-order valence-electron chi connectivity index (χ4n) is 3.77. The minimum atomic E-state index is -1.50.